The van der Waals surface area contributed by atoms with Gasteiger partial charge >= 0.3 is 0 Å². The molecule has 3 heteroatoms. The summed E-state index contributed by atoms with van der Waals surface area (Å²) in [4.78, 5) is 0. The molecule has 0 atom stereocenters. The highest BCUT2D eigenvalue weighted by atomic mass is 16.3. The molecule has 0 aromatic carbocycles. The molecule has 1 aromatic rings. The van der Waals surface area contributed by atoms with E-state index in [4.69, 9.17) is 0 Å². The van der Waals surface area contributed by atoms with Crippen molar-refractivity contribution in [2.75, 3.05) is 0 Å². The van der Waals surface area contributed by atoms with Crippen molar-refractivity contribution in [3.8, 4) is 0 Å². The highest BCUT2D eigenvalue weighted by molar-refractivity contribution is 5.02. The average molecular weight is 236 g/mol. The van der Waals surface area contributed by atoms with Gasteiger partial charge in [0.1, 0.15) is 0 Å². The van der Waals surface area contributed by atoms with E-state index in [2.05, 4.69) is 18.9 Å². The van der Waals surface area contributed by atoms with Gasteiger partial charge in [-0.1, -0.05) is 13.8 Å². The molecule has 3 nitrogen and oxygen atoms in total. The van der Waals surface area contributed by atoms with Gasteiger partial charge in [-0.2, -0.15) is 5.10 Å². The van der Waals surface area contributed by atoms with E-state index in [-0.39, 0.29) is 0 Å². The van der Waals surface area contributed by atoms with Crippen molar-refractivity contribution >= 4 is 0 Å². The summed E-state index contributed by atoms with van der Waals surface area (Å²) in [7, 11) is 1.96. The molecular formula is C14H24N2O. The van der Waals surface area contributed by atoms with Gasteiger partial charge in [0.05, 0.1) is 5.60 Å². The normalized spacial score (nSPS) is 22.6. The lowest BCUT2D eigenvalue weighted by atomic mass is 9.69. The maximum atomic E-state index is 10.6. The van der Waals surface area contributed by atoms with E-state index in [9.17, 15) is 5.11 Å². The van der Waals surface area contributed by atoms with E-state index in [1.54, 1.807) is 0 Å². The lowest BCUT2D eigenvalue weighted by Gasteiger charge is -2.40. The van der Waals surface area contributed by atoms with Gasteiger partial charge in [0.15, 0.2) is 0 Å². The Morgan fingerprint density at radius 1 is 1.29 bits per heavy atom. The van der Waals surface area contributed by atoms with Gasteiger partial charge in [0.2, 0.25) is 0 Å². The molecule has 0 saturated heterocycles. The summed E-state index contributed by atoms with van der Waals surface area (Å²) in [6, 6.07) is 2.04. The molecule has 1 fully saturated rings. The first kappa shape index (κ1) is 12.6. The van der Waals surface area contributed by atoms with Crippen LogP contribution < -0.4 is 0 Å². The molecule has 0 amide bonds. The van der Waals surface area contributed by atoms with Crippen molar-refractivity contribution in [2.24, 2.45) is 12.5 Å². The van der Waals surface area contributed by atoms with Crippen LogP contribution in [0.1, 0.15) is 51.6 Å². The number of aliphatic hydroxyl groups is 1. The molecule has 2 rings (SSSR count). The Kier molecular flexibility index (Phi) is 3.30. The Labute approximate surface area is 104 Å². The molecule has 0 aliphatic heterocycles. The summed E-state index contributed by atoms with van der Waals surface area (Å²) in [5, 5.41) is 14.7. The second-order valence-corrected chi connectivity index (χ2v) is 6.33. The Morgan fingerprint density at radius 3 is 2.47 bits per heavy atom. The fourth-order valence-electron chi connectivity index (χ4n) is 2.65. The van der Waals surface area contributed by atoms with Gasteiger partial charge in [0.25, 0.3) is 0 Å². The van der Waals surface area contributed by atoms with Crippen LogP contribution >= 0.6 is 0 Å². The van der Waals surface area contributed by atoms with Crippen LogP contribution in [-0.2, 0) is 13.5 Å². The number of hydrogen-bond acceptors (Lipinski definition) is 2. The van der Waals surface area contributed by atoms with Crippen molar-refractivity contribution in [3.05, 3.63) is 18.0 Å². The fraction of sp³-hybridized carbons (Fsp3) is 0.786. The van der Waals surface area contributed by atoms with E-state index < -0.39 is 5.60 Å². The lowest BCUT2D eigenvalue weighted by molar-refractivity contribution is -0.0320. The topological polar surface area (TPSA) is 38.0 Å². The largest absolute Gasteiger partial charge is 0.390 e. The predicted molar refractivity (Wildman–Crippen MR) is 68.7 cm³/mol. The van der Waals surface area contributed by atoms with Gasteiger partial charge in [0, 0.05) is 18.9 Å². The lowest BCUT2D eigenvalue weighted by Crippen LogP contribution is -2.37. The van der Waals surface area contributed by atoms with Crippen molar-refractivity contribution in [1.82, 2.24) is 9.78 Å². The Hall–Kier alpha value is -0.830. The van der Waals surface area contributed by atoms with Crippen molar-refractivity contribution in [3.63, 3.8) is 0 Å². The molecule has 1 aromatic heterocycles. The third-order valence-corrected chi connectivity index (χ3v) is 4.30. The third-order valence-electron chi connectivity index (χ3n) is 4.30. The van der Waals surface area contributed by atoms with Crippen LogP contribution in [0.25, 0.3) is 0 Å². The summed E-state index contributed by atoms with van der Waals surface area (Å²) < 4.78 is 1.90. The predicted octanol–water partition coefficient (Wildman–Crippen LogP) is 2.68. The molecule has 17 heavy (non-hydrogen) atoms. The van der Waals surface area contributed by atoms with E-state index in [1.165, 1.54) is 5.69 Å². The van der Waals surface area contributed by atoms with Crippen LogP contribution in [0, 0.1) is 5.41 Å². The summed E-state index contributed by atoms with van der Waals surface area (Å²) in [5.41, 5.74) is 1.18. The zero-order valence-corrected chi connectivity index (χ0v) is 11.2. The Morgan fingerprint density at radius 2 is 1.94 bits per heavy atom. The minimum Gasteiger partial charge on any atom is -0.390 e. The zero-order chi connectivity index (χ0) is 12.5. The second-order valence-electron chi connectivity index (χ2n) is 6.33. The molecule has 1 aliphatic rings. The summed E-state index contributed by atoms with van der Waals surface area (Å²) in [6.07, 6.45) is 7.76. The highest BCUT2D eigenvalue weighted by Crippen LogP contribution is 2.41. The number of hydrogen-bond donors (Lipinski definition) is 1. The number of aryl methyl sites for hydroxylation is 2. The Bertz CT molecular complexity index is 371. The average Bonchev–Trinajstić information content (AvgIpc) is 2.67. The van der Waals surface area contributed by atoms with Crippen molar-refractivity contribution in [1.29, 1.82) is 0 Å². The van der Waals surface area contributed by atoms with Crippen LogP contribution in [0.2, 0.25) is 0 Å². The first-order chi connectivity index (χ1) is 7.90. The maximum Gasteiger partial charge on any atom is 0.0652 e. The number of nitrogens with zero attached hydrogens (tertiary/aromatic N) is 2. The monoisotopic (exact) mass is 236 g/mol. The number of rotatable bonds is 3. The summed E-state index contributed by atoms with van der Waals surface area (Å²) in [6.45, 7) is 4.60. The van der Waals surface area contributed by atoms with Gasteiger partial charge in [-0.05, 0) is 50.0 Å². The van der Waals surface area contributed by atoms with Gasteiger partial charge in [-0.3, -0.25) is 4.68 Å². The fourth-order valence-corrected chi connectivity index (χ4v) is 2.65. The highest BCUT2D eigenvalue weighted by Gasteiger charge is 2.36. The van der Waals surface area contributed by atoms with E-state index in [0.717, 1.165) is 38.5 Å². The molecule has 0 radical (unpaired) electrons. The molecule has 1 N–H and O–H groups in total. The molecule has 0 bridgehead atoms. The van der Waals surface area contributed by atoms with Crippen molar-refractivity contribution in [2.45, 2.75) is 58.0 Å². The zero-order valence-electron chi connectivity index (χ0n) is 11.2. The van der Waals surface area contributed by atoms with Crippen LogP contribution in [-0.4, -0.2) is 20.5 Å². The smallest absolute Gasteiger partial charge is 0.0652 e. The SMILES string of the molecule is Cn1nccc1CCC1(O)CCC(C)(C)CC1. The first-order valence-electron chi connectivity index (χ1n) is 6.60. The molecular weight excluding hydrogens is 212 g/mol. The van der Waals surface area contributed by atoms with E-state index >= 15 is 0 Å². The molecule has 0 spiro atoms. The Balaban J connectivity index is 1.89. The molecule has 1 aliphatic carbocycles. The standard InChI is InChI=1S/C14H24N2O/c1-13(2)7-9-14(17,10-8-13)6-4-12-5-11-15-16(12)3/h5,11,17H,4,6-10H2,1-3H3. The van der Waals surface area contributed by atoms with E-state index in [1.807, 2.05) is 24.0 Å². The second kappa shape index (κ2) is 4.45. The van der Waals surface area contributed by atoms with Crippen LogP contribution in [0.5, 0.6) is 0 Å². The molecule has 1 heterocycles. The molecule has 1 saturated carbocycles. The minimum atomic E-state index is -0.445. The van der Waals surface area contributed by atoms with Crippen LogP contribution in [0.15, 0.2) is 12.3 Å². The summed E-state index contributed by atoms with van der Waals surface area (Å²) >= 11 is 0. The number of aromatic nitrogens is 2. The molecule has 96 valence electrons. The van der Waals surface area contributed by atoms with Gasteiger partial charge in [-0.15, -0.1) is 0 Å². The van der Waals surface area contributed by atoms with Gasteiger partial charge in [-0.25, -0.2) is 0 Å². The summed E-state index contributed by atoms with van der Waals surface area (Å²) in [5.74, 6) is 0. The van der Waals surface area contributed by atoms with E-state index in [0.29, 0.717) is 5.41 Å². The first-order valence-corrected chi connectivity index (χ1v) is 6.60. The van der Waals surface area contributed by atoms with Crippen molar-refractivity contribution < 1.29 is 5.11 Å². The van der Waals surface area contributed by atoms with Crippen LogP contribution in [0.4, 0.5) is 0 Å². The van der Waals surface area contributed by atoms with Crippen LogP contribution in [0.3, 0.4) is 0 Å². The third kappa shape index (κ3) is 3.09. The molecule has 0 unspecified atom stereocenters. The minimum absolute atomic E-state index is 0.415. The quantitative estimate of drug-likeness (QED) is 0.876. The van der Waals surface area contributed by atoms with Gasteiger partial charge < -0.3 is 5.11 Å². The maximum absolute atomic E-state index is 10.6.